The molecule has 0 aliphatic carbocycles. The fourth-order valence-corrected chi connectivity index (χ4v) is 4.23. The highest BCUT2D eigenvalue weighted by molar-refractivity contribution is 5.76. The minimum atomic E-state index is -1.30. The average Bonchev–Trinajstić information content (AvgIpc) is 3.20. The second-order valence-corrected chi connectivity index (χ2v) is 10.2. The molecule has 0 saturated carbocycles. The fraction of sp³-hybridized carbons (Fsp3) is 0.323. The minimum Gasteiger partial charge on any atom is -0.497 e. The number of carboxylic acid groups (broad SMARTS) is 1. The number of carboxylic acids is 1. The summed E-state index contributed by atoms with van der Waals surface area (Å²) >= 11 is 0. The molecule has 0 radical (unpaired) electrons. The zero-order chi connectivity index (χ0) is 28.0. The zero-order valence-electron chi connectivity index (χ0n) is 22.9. The molecule has 1 aromatic heterocycles. The van der Waals surface area contributed by atoms with Gasteiger partial charge in [-0.25, -0.2) is 14.3 Å². The Labute approximate surface area is 228 Å². The molecule has 1 heterocycles. The number of aromatic nitrogens is 3. The van der Waals surface area contributed by atoms with Crippen LogP contribution in [0.2, 0.25) is 0 Å². The van der Waals surface area contributed by atoms with E-state index in [1.807, 2.05) is 67.6 Å². The summed E-state index contributed by atoms with van der Waals surface area (Å²) < 4.78 is 14.1. The van der Waals surface area contributed by atoms with Gasteiger partial charge in [0.1, 0.15) is 17.3 Å². The van der Waals surface area contributed by atoms with Crippen molar-refractivity contribution < 1.29 is 19.4 Å². The van der Waals surface area contributed by atoms with Crippen molar-refractivity contribution in [1.82, 2.24) is 14.3 Å². The number of nitrogens with zero attached hydrogens (tertiary/aromatic N) is 3. The van der Waals surface area contributed by atoms with Crippen LogP contribution >= 0.6 is 0 Å². The molecule has 0 aliphatic heterocycles. The molecule has 1 N–H and O–H groups in total. The van der Waals surface area contributed by atoms with Gasteiger partial charge in [-0.1, -0.05) is 54.1 Å². The Morgan fingerprint density at radius 2 is 1.41 bits per heavy atom. The van der Waals surface area contributed by atoms with Crippen LogP contribution in [0.15, 0.2) is 77.6 Å². The Kier molecular flexibility index (Phi) is 8.54. The van der Waals surface area contributed by atoms with Crippen LogP contribution in [-0.2, 0) is 30.7 Å². The van der Waals surface area contributed by atoms with Gasteiger partial charge in [-0.15, -0.1) is 0 Å². The molecule has 204 valence electrons. The maximum absolute atomic E-state index is 13.4. The lowest BCUT2D eigenvalue weighted by Gasteiger charge is -2.21. The third-order valence-corrected chi connectivity index (χ3v) is 6.63. The maximum Gasteiger partial charge on any atom is 0.347 e. The van der Waals surface area contributed by atoms with Crippen LogP contribution < -0.4 is 15.2 Å². The van der Waals surface area contributed by atoms with Crippen molar-refractivity contribution in [2.24, 2.45) is 0 Å². The highest BCUT2D eigenvalue weighted by atomic mass is 16.5. The van der Waals surface area contributed by atoms with E-state index >= 15 is 0 Å². The number of benzene rings is 3. The number of aryl methyl sites for hydroxylation is 3. The van der Waals surface area contributed by atoms with Gasteiger partial charge < -0.3 is 14.6 Å². The number of methoxy groups -OCH3 is 1. The number of rotatable bonds is 12. The molecule has 0 saturated heterocycles. The SMILES string of the molecule is COc1ccc(Cn2c(CCCc3ccc(OC(C)(C)C(=O)O)cc3)nn(Cc3ccc(C)cc3)c2=O)cc1. The maximum atomic E-state index is 13.4. The second-order valence-electron chi connectivity index (χ2n) is 10.2. The van der Waals surface area contributed by atoms with E-state index in [1.165, 1.54) is 19.4 Å². The predicted molar refractivity (Wildman–Crippen MR) is 150 cm³/mol. The molecule has 8 nitrogen and oxygen atoms in total. The largest absolute Gasteiger partial charge is 0.497 e. The third kappa shape index (κ3) is 7.16. The summed E-state index contributed by atoms with van der Waals surface area (Å²) in [6, 6.07) is 23.3. The summed E-state index contributed by atoms with van der Waals surface area (Å²) in [6.45, 7) is 5.92. The molecule has 0 spiro atoms. The third-order valence-electron chi connectivity index (χ3n) is 6.63. The number of aliphatic carboxylic acids is 1. The summed E-state index contributed by atoms with van der Waals surface area (Å²) in [5, 5.41) is 14.0. The van der Waals surface area contributed by atoms with Crippen LogP contribution in [0, 0.1) is 6.92 Å². The van der Waals surface area contributed by atoms with Crippen molar-refractivity contribution in [3.8, 4) is 11.5 Å². The van der Waals surface area contributed by atoms with Crippen LogP contribution in [0.25, 0.3) is 0 Å². The summed E-state index contributed by atoms with van der Waals surface area (Å²) in [6.07, 6.45) is 2.21. The Bertz CT molecular complexity index is 1450. The van der Waals surface area contributed by atoms with Crippen molar-refractivity contribution in [2.75, 3.05) is 7.11 Å². The first-order valence-electron chi connectivity index (χ1n) is 13.0. The van der Waals surface area contributed by atoms with Crippen LogP contribution in [0.5, 0.6) is 11.5 Å². The van der Waals surface area contributed by atoms with Crippen LogP contribution in [-0.4, -0.2) is 38.1 Å². The summed E-state index contributed by atoms with van der Waals surface area (Å²) in [5.74, 6) is 0.999. The van der Waals surface area contributed by atoms with E-state index in [0.717, 1.165) is 41.1 Å². The molecule has 0 amide bonds. The van der Waals surface area contributed by atoms with Crippen molar-refractivity contribution in [2.45, 2.75) is 58.7 Å². The lowest BCUT2D eigenvalue weighted by molar-refractivity contribution is -0.152. The number of ether oxygens (including phenoxy) is 2. The van der Waals surface area contributed by atoms with Crippen molar-refractivity contribution in [1.29, 1.82) is 0 Å². The lowest BCUT2D eigenvalue weighted by atomic mass is 10.1. The molecule has 0 unspecified atom stereocenters. The van der Waals surface area contributed by atoms with Crippen molar-refractivity contribution in [3.63, 3.8) is 0 Å². The van der Waals surface area contributed by atoms with Gasteiger partial charge in [0.15, 0.2) is 5.60 Å². The summed E-state index contributed by atoms with van der Waals surface area (Å²) in [7, 11) is 1.63. The van der Waals surface area contributed by atoms with Crippen LogP contribution in [0.3, 0.4) is 0 Å². The van der Waals surface area contributed by atoms with E-state index in [9.17, 15) is 14.7 Å². The minimum absolute atomic E-state index is 0.135. The topological polar surface area (TPSA) is 95.6 Å². The quantitative estimate of drug-likeness (QED) is 0.281. The zero-order valence-corrected chi connectivity index (χ0v) is 22.9. The molecule has 39 heavy (non-hydrogen) atoms. The Morgan fingerprint density at radius 3 is 2.03 bits per heavy atom. The second kappa shape index (κ2) is 12.0. The molecule has 4 aromatic rings. The standard InChI is InChI=1S/C31H35N3O5/c1-22-8-10-25(11-9-22)21-34-30(37)33(20-24-14-16-26(38-4)17-15-24)28(32-34)7-5-6-23-12-18-27(19-13-23)39-31(2,3)29(35)36/h8-19H,5-7,20-21H2,1-4H3,(H,35,36). The molecule has 0 atom stereocenters. The van der Waals surface area contributed by atoms with E-state index < -0.39 is 11.6 Å². The number of carbonyl (C=O) groups is 1. The number of hydrogen-bond donors (Lipinski definition) is 1. The van der Waals surface area contributed by atoms with Gasteiger partial charge >= 0.3 is 11.7 Å². The van der Waals surface area contributed by atoms with Crippen molar-refractivity contribution >= 4 is 5.97 Å². The van der Waals surface area contributed by atoms with Gasteiger partial charge in [0.25, 0.3) is 0 Å². The normalized spacial score (nSPS) is 11.4. The lowest BCUT2D eigenvalue weighted by Crippen LogP contribution is -2.37. The first-order chi connectivity index (χ1) is 18.6. The van der Waals surface area contributed by atoms with Gasteiger partial charge in [0, 0.05) is 6.42 Å². The molecule has 3 aromatic carbocycles. The predicted octanol–water partition coefficient (Wildman–Crippen LogP) is 4.88. The Morgan fingerprint density at radius 1 is 0.846 bits per heavy atom. The number of hydrogen-bond acceptors (Lipinski definition) is 5. The first kappa shape index (κ1) is 27.7. The summed E-state index contributed by atoms with van der Waals surface area (Å²) in [5.41, 5.74) is 2.85. The van der Waals surface area contributed by atoms with E-state index in [2.05, 4.69) is 0 Å². The summed E-state index contributed by atoms with van der Waals surface area (Å²) in [4.78, 5) is 24.7. The first-order valence-corrected chi connectivity index (χ1v) is 13.0. The molecule has 4 rings (SSSR count). The Balaban J connectivity index is 1.49. The van der Waals surface area contributed by atoms with Gasteiger partial charge in [0.05, 0.1) is 20.2 Å². The molecule has 0 bridgehead atoms. The molecular formula is C31H35N3O5. The van der Waals surface area contributed by atoms with Crippen LogP contribution in [0.4, 0.5) is 0 Å². The molecular weight excluding hydrogens is 494 g/mol. The van der Waals surface area contributed by atoms with E-state index in [0.29, 0.717) is 25.3 Å². The average molecular weight is 530 g/mol. The molecule has 0 aliphatic rings. The monoisotopic (exact) mass is 529 g/mol. The van der Waals surface area contributed by atoms with Crippen molar-refractivity contribution in [3.05, 3.63) is 111 Å². The van der Waals surface area contributed by atoms with Gasteiger partial charge in [0.2, 0.25) is 0 Å². The van der Waals surface area contributed by atoms with Gasteiger partial charge in [-0.05, 0) is 74.6 Å². The smallest absolute Gasteiger partial charge is 0.347 e. The van der Waals surface area contributed by atoms with E-state index in [4.69, 9.17) is 14.6 Å². The highest BCUT2D eigenvalue weighted by Crippen LogP contribution is 2.20. The van der Waals surface area contributed by atoms with E-state index in [-0.39, 0.29) is 5.69 Å². The van der Waals surface area contributed by atoms with Gasteiger partial charge in [-0.2, -0.15) is 5.10 Å². The van der Waals surface area contributed by atoms with Gasteiger partial charge in [-0.3, -0.25) is 4.57 Å². The van der Waals surface area contributed by atoms with E-state index in [1.54, 1.807) is 28.5 Å². The molecule has 8 heteroatoms. The molecule has 0 fully saturated rings. The fourth-order valence-electron chi connectivity index (χ4n) is 4.23. The van der Waals surface area contributed by atoms with Crippen LogP contribution in [0.1, 0.15) is 48.3 Å². The Hall–Kier alpha value is -4.33. The highest BCUT2D eigenvalue weighted by Gasteiger charge is 2.29.